The van der Waals surface area contributed by atoms with Crippen LogP contribution in [0.3, 0.4) is 0 Å². The summed E-state index contributed by atoms with van der Waals surface area (Å²) >= 11 is 1.30. The van der Waals surface area contributed by atoms with Crippen molar-refractivity contribution in [3.05, 3.63) is 88.1 Å². The van der Waals surface area contributed by atoms with Crippen molar-refractivity contribution in [2.24, 2.45) is 0 Å². The average Bonchev–Trinajstić information content (AvgIpc) is 3.37. The highest BCUT2D eigenvalue weighted by atomic mass is 32.1. The molecule has 35 heavy (non-hydrogen) atoms. The van der Waals surface area contributed by atoms with Gasteiger partial charge in [0.25, 0.3) is 5.91 Å². The van der Waals surface area contributed by atoms with E-state index in [0.29, 0.717) is 16.2 Å². The predicted molar refractivity (Wildman–Crippen MR) is 137 cm³/mol. The van der Waals surface area contributed by atoms with E-state index in [1.165, 1.54) is 16.2 Å². The van der Waals surface area contributed by atoms with Crippen molar-refractivity contribution in [3.8, 4) is 5.75 Å². The highest BCUT2D eigenvalue weighted by Crippen LogP contribution is 2.25. The zero-order valence-electron chi connectivity index (χ0n) is 20.4. The summed E-state index contributed by atoms with van der Waals surface area (Å²) in [6.07, 6.45) is 0. The second-order valence-corrected chi connectivity index (χ2v) is 10.0. The normalized spacial score (nSPS) is 11.9. The fourth-order valence-electron chi connectivity index (χ4n) is 3.55. The summed E-state index contributed by atoms with van der Waals surface area (Å²) in [5, 5.41) is 7.50. The van der Waals surface area contributed by atoms with Crippen molar-refractivity contribution in [2.75, 3.05) is 13.7 Å². The maximum atomic E-state index is 13.5. The van der Waals surface area contributed by atoms with Gasteiger partial charge in [0.1, 0.15) is 11.8 Å². The van der Waals surface area contributed by atoms with Gasteiger partial charge in [-0.05, 0) is 55.5 Å². The molecule has 3 amide bonds. The zero-order chi connectivity index (χ0) is 25.4. The molecule has 1 heterocycles. The van der Waals surface area contributed by atoms with Gasteiger partial charge in [0, 0.05) is 12.1 Å². The van der Waals surface area contributed by atoms with Crippen LogP contribution in [0.2, 0.25) is 0 Å². The number of methoxy groups -OCH3 is 1. The molecule has 1 unspecified atom stereocenters. The van der Waals surface area contributed by atoms with Crippen LogP contribution in [0.4, 0.5) is 0 Å². The van der Waals surface area contributed by atoms with E-state index in [1.807, 2.05) is 75.4 Å². The maximum Gasteiger partial charge on any atom is 0.261 e. The molecule has 0 saturated carbocycles. The van der Waals surface area contributed by atoms with Crippen molar-refractivity contribution in [1.82, 2.24) is 15.5 Å². The molecule has 0 aliphatic carbocycles. The monoisotopic (exact) mass is 493 g/mol. The number of nitrogens with zero attached hydrogens (tertiary/aromatic N) is 1. The molecule has 2 N–H and O–H groups in total. The SMILES string of the molecule is COc1ccc(CN(C(=O)CNC(=O)c2cccs2)C(C(=O)NC(C)(C)C)c2ccccc2)cc1. The van der Waals surface area contributed by atoms with Crippen molar-refractivity contribution >= 4 is 29.1 Å². The Balaban J connectivity index is 1.94. The van der Waals surface area contributed by atoms with Crippen LogP contribution >= 0.6 is 11.3 Å². The van der Waals surface area contributed by atoms with Crippen molar-refractivity contribution in [1.29, 1.82) is 0 Å². The van der Waals surface area contributed by atoms with Crippen LogP contribution < -0.4 is 15.4 Å². The third-order valence-corrected chi connectivity index (χ3v) is 6.02. The molecule has 0 fully saturated rings. The Hall–Kier alpha value is -3.65. The number of ether oxygens (including phenoxy) is 1. The number of rotatable bonds is 9. The zero-order valence-corrected chi connectivity index (χ0v) is 21.2. The molecule has 0 radical (unpaired) electrons. The molecule has 0 aliphatic heterocycles. The van der Waals surface area contributed by atoms with E-state index in [4.69, 9.17) is 4.74 Å². The number of benzene rings is 2. The van der Waals surface area contributed by atoms with Crippen LogP contribution in [-0.4, -0.2) is 41.8 Å². The van der Waals surface area contributed by atoms with Gasteiger partial charge in [-0.1, -0.05) is 48.5 Å². The molecule has 8 heteroatoms. The smallest absolute Gasteiger partial charge is 0.261 e. The second kappa shape index (κ2) is 11.7. The Kier molecular flexibility index (Phi) is 8.65. The summed E-state index contributed by atoms with van der Waals surface area (Å²) in [5.41, 5.74) is 1.01. The van der Waals surface area contributed by atoms with E-state index < -0.39 is 11.6 Å². The number of amides is 3. The first-order valence-corrected chi connectivity index (χ1v) is 12.2. The van der Waals surface area contributed by atoms with Gasteiger partial charge in [0.2, 0.25) is 11.8 Å². The quantitative estimate of drug-likeness (QED) is 0.468. The van der Waals surface area contributed by atoms with Crippen molar-refractivity contribution in [3.63, 3.8) is 0 Å². The third kappa shape index (κ3) is 7.42. The molecule has 3 aromatic rings. The van der Waals surface area contributed by atoms with Gasteiger partial charge in [-0.25, -0.2) is 0 Å². The minimum Gasteiger partial charge on any atom is -0.497 e. The van der Waals surface area contributed by atoms with Crippen molar-refractivity contribution < 1.29 is 19.1 Å². The highest BCUT2D eigenvalue weighted by molar-refractivity contribution is 7.12. The van der Waals surface area contributed by atoms with E-state index in [0.717, 1.165) is 5.56 Å². The first kappa shape index (κ1) is 26.0. The molecule has 3 rings (SSSR count). The van der Waals surface area contributed by atoms with Crippen LogP contribution in [0.1, 0.15) is 47.6 Å². The number of thiophene rings is 1. The minimum atomic E-state index is -0.885. The summed E-state index contributed by atoms with van der Waals surface area (Å²) in [4.78, 5) is 41.5. The standard InChI is InChI=1S/C27H31N3O4S/c1-27(2,3)29-26(33)24(20-9-6-5-7-10-20)30(18-19-12-14-21(34-4)15-13-19)23(31)17-28-25(32)22-11-8-16-35-22/h5-16,24H,17-18H2,1-4H3,(H,28,32)(H,29,33). The molecule has 0 bridgehead atoms. The predicted octanol–water partition coefficient (Wildman–Crippen LogP) is 4.17. The van der Waals surface area contributed by atoms with Gasteiger partial charge in [-0.2, -0.15) is 0 Å². The van der Waals surface area contributed by atoms with Gasteiger partial charge >= 0.3 is 0 Å². The second-order valence-electron chi connectivity index (χ2n) is 9.08. The average molecular weight is 494 g/mol. The lowest BCUT2D eigenvalue weighted by Crippen LogP contribution is -2.50. The minimum absolute atomic E-state index is 0.175. The van der Waals surface area contributed by atoms with E-state index in [2.05, 4.69) is 10.6 Å². The molecule has 7 nitrogen and oxygen atoms in total. The molecule has 0 spiro atoms. The molecule has 1 aromatic heterocycles. The summed E-state index contributed by atoms with van der Waals surface area (Å²) in [6, 6.07) is 19.1. The lowest BCUT2D eigenvalue weighted by molar-refractivity contribution is -0.141. The molecule has 0 saturated heterocycles. The van der Waals surface area contributed by atoms with Crippen LogP contribution in [0.15, 0.2) is 72.1 Å². The first-order valence-electron chi connectivity index (χ1n) is 11.3. The van der Waals surface area contributed by atoms with Crippen LogP contribution in [0.25, 0.3) is 0 Å². The number of hydrogen-bond donors (Lipinski definition) is 2. The van der Waals surface area contributed by atoms with Crippen molar-refractivity contribution in [2.45, 2.75) is 38.9 Å². The fraction of sp³-hybridized carbons (Fsp3) is 0.296. The van der Waals surface area contributed by atoms with Gasteiger partial charge in [-0.15, -0.1) is 11.3 Å². The Morgan fingerprint density at radius 1 is 0.971 bits per heavy atom. The first-order chi connectivity index (χ1) is 16.7. The fourth-order valence-corrected chi connectivity index (χ4v) is 4.19. The highest BCUT2D eigenvalue weighted by Gasteiger charge is 2.33. The molecule has 1 atom stereocenters. The Morgan fingerprint density at radius 2 is 1.66 bits per heavy atom. The molecule has 184 valence electrons. The van der Waals surface area contributed by atoms with Crippen LogP contribution in [0, 0.1) is 0 Å². The maximum absolute atomic E-state index is 13.5. The Morgan fingerprint density at radius 3 is 2.23 bits per heavy atom. The summed E-state index contributed by atoms with van der Waals surface area (Å²) in [7, 11) is 1.59. The lowest BCUT2D eigenvalue weighted by atomic mass is 10.0. The van der Waals surface area contributed by atoms with Gasteiger partial charge < -0.3 is 20.3 Å². The van der Waals surface area contributed by atoms with E-state index in [9.17, 15) is 14.4 Å². The van der Waals surface area contributed by atoms with Crippen LogP contribution in [0.5, 0.6) is 5.75 Å². The number of carbonyl (C=O) groups is 3. The van der Waals surface area contributed by atoms with Gasteiger partial charge in [0.15, 0.2) is 0 Å². The number of hydrogen-bond acceptors (Lipinski definition) is 5. The summed E-state index contributed by atoms with van der Waals surface area (Å²) in [5.74, 6) is -0.299. The molecular weight excluding hydrogens is 462 g/mol. The Labute approximate surface area is 210 Å². The number of carbonyl (C=O) groups excluding carboxylic acids is 3. The van der Waals surface area contributed by atoms with E-state index in [-0.39, 0.29) is 30.8 Å². The van der Waals surface area contributed by atoms with Gasteiger partial charge in [-0.3, -0.25) is 14.4 Å². The number of nitrogens with one attached hydrogen (secondary N) is 2. The largest absolute Gasteiger partial charge is 0.497 e. The van der Waals surface area contributed by atoms with Crippen LogP contribution in [-0.2, 0) is 16.1 Å². The molecule has 2 aromatic carbocycles. The summed E-state index contributed by atoms with van der Waals surface area (Å²) < 4.78 is 5.24. The topological polar surface area (TPSA) is 87.7 Å². The molecular formula is C27H31N3O4S. The Bertz CT molecular complexity index is 1120. The van der Waals surface area contributed by atoms with Gasteiger partial charge in [0.05, 0.1) is 18.5 Å². The molecule has 0 aliphatic rings. The third-order valence-electron chi connectivity index (χ3n) is 5.15. The van der Waals surface area contributed by atoms with E-state index >= 15 is 0 Å². The lowest BCUT2D eigenvalue weighted by Gasteiger charge is -2.34. The summed E-state index contributed by atoms with van der Waals surface area (Å²) in [6.45, 7) is 5.62. The van der Waals surface area contributed by atoms with E-state index in [1.54, 1.807) is 24.6 Å².